The first kappa shape index (κ1) is 24.7. The van der Waals surface area contributed by atoms with Gasteiger partial charge in [0.15, 0.2) is 0 Å². The van der Waals surface area contributed by atoms with E-state index in [1.807, 2.05) is 0 Å². The summed E-state index contributed by atoms with van der Waals surface area (Å²) in [7, 11) is 0. The van der Waals surface area contributed by atoms with Crippen LogP contribution in [0.2, 0.25) is 0 Å². The van der Waals surface area contributed by atoms with E-state index in [1.54, 1.807) is 0 Å². The number of hydrogen-bond acceptors (Lipinski definition) is 0. The summed E-state index contributed by atoms with van der Waals surface area (Å²) < 4.78 is 2.51. The second-order valence-electron chi connectivity index (χ2n) is 14.0. The first-order valence-corrected chi connectivity index (χ1v) is 15.4. The lowest BCUT2D eigenvalue weighted by Crippen LogP contribution is -2.15. The number of benzene rings is 6. The fourth-order valence-electron chi connectivity index (χ4n) is 7.85. The van der Waals surface area contributed by atoms with Gasteiger partial charge in [-0.2, -0.15) is 0 Å². The highest BCUT2D eigenvalue weighted by molar-refractivity contribution is 6.22. The third kappa shape index (κ3) is 3.24. The van der Waals surface area contributed by atoms with Crippen molar-refractivity contribution in [3.8, 4) is 16.8 Å². The van der Waals surface area contributed by atoms with Crippen molar-refractivity contribution in [1.29, 1.82) is 0 Å². The van der Waals surface area contributed by atoms with Gasteiger partial charge in [-0.15, -0.1) is 5.73 Å². The van der Waals surface area contributed by atoms with Crippen LogP contribution in [0.25, 0.3) is 72.3 Å². The molecule has 1 nitrogen and oxygen atoms in total. The Morgan fingerprint density at radius 2 is 1.21 bits per heavy atom. The van der Waals surface area contributed by atoms with Crippen LogP contribution in [0.4, 0.5) is 0 Å². The number of nitrogens with zero attached hydrogens (tertiary/aromatic N) is 1. The topological polar surface area (TPSA) is 4.93 Å². The third-order valence-corrected chi connectivity index (χ3v) is 10.1. The van der Waals surface area contributed by atoms with Crippen LogP contribution in [0.5, 0.6) is 0 Å². The Morgan fingerprint density at radius 1 is 0.558 bits per heavy atom. The number of hydrogen-bond donors (Lipinski definition) is 0. The molecule has 0 aliphatic heterocycles. The number of aromatic nitrogens is 1. The molecule has 0 amide bonds. The lowest BCUT2D eigenvalue weighted by Gasteiger charge is -2.22. The molecule has 0 radical (unpaired) electrons. The Labute approximate surface area is 252 Å². The van der Waals surface area contributed by atoms with E-state index in [4.69, 9.17) is 0 Å². The van der Waals surface area contributed by atoms with Gasteiger partial charge < -0.3 is 4.57 Å². The maximum Gasteiger partial charge on any atom is 0.0547 e. The minimum atomic E-state index is -0.0598. The molecule has 2 aliphatic carbocycles. The normalized spacial score (nSPS) is 14.7. The summed E-state index contributed by atoms with van der Waals surface area (Å²) in [5.41, 5.74) is 16.6. The van der Waals surface area contributed by atoms with Gasteiger partial charge in [-0.05, 0) is 114 Å². The zero-order valence-electron chi connectivity index (χ0n) is 25.3. The van der Waals surface area contributed by atoms with Crippen LogP contribution < -0.4 is 0 Å². The fourth-order valence-corrected chi connectivity index (χ4v) is 7.85. The molecule has 0 bridgehead atoms. The molecule has 2 aliphatic rings. The molecular weight excluding hydrogens is 518 g/mol. The van der Waals surface area contributed by atoms with Gasteiger partial charge in [0.25, 0.3) is 0 Å². The molecule has 1 heterocycles. The Hall–Kier alpha value is -4.84. The van der Waals surface area contributed by atoms with Crippen LogP contribution in [0.1, 0.15) is 62.4 Å². The summed E-state index contributed by atoms with van der Waals surface area (Å²) in [6.07, 6.45) is 4.31. The molecule has 206 valence electrons. The molecule has 43 heavy (non-hydrogen) atoms. The van der Waals surface area contributed by atoms with E-state index >= 15 is 0 Å². The van der Waals surface area contributed by atoms with Gasteiger partial charge >= 0.3 is 0 Å². The zero-order valence-corrected chi connectivity index (χ0v) is 25.3. The van der Waals surface area contributed by atoms with Crippen molar-refractivity contribution in [2.45, 2.75) is 45.4 Å². The average Bonchev–Trinajstić information content (AvgIpc) is 3.68. The Balaban J connectivity index is 1.45. The average molecular weight is 552 g/mol. The third-order valence-electron chi connectivity index (χ3n) is 10.1. The van der Waals surface area contributed by atoms with Crippen molar-refractivity contribution in [2.75, 3.05) is 0 Å². The summed E-state index contributed by atoms with van der Waals surface area (Å²) in [4.78, 5) is 0. The first-order chi connectivity index (χ1) is 20.7. The lowest BCUT2D eigenvalue weighted by atomic mass is 9.82. The molecule has 0 saturated heterocycles. The van der Waals surface area contributed by atoms with E-state index < -0.39 is 0 Å². The lowest BCUT2D eigenvalue weighted by molar-refractivity contribution is 0.590. The summed E-state index contributed by atoms with van der Waals surface area (Å²) in [5.74, 6) is 0. The predicted octanol–water partition coefficient (Wildman–Crippen LogP) is 11.3. The fraction of sp³-hybridized carbons (Fsp3) is 0.167. The largest absolute Gasteiger partial charge is 0.309 e. The highest BCUT2D eigenvalue weighted by Gasteiger charge is 2.36. The van der Waals surface area contributed by atoms with Gasteiger partial charge in [0.1, 0.15) is 0 Å². The maximum absolute atomic E-state index is 3.40. The molecular formula is C42H33N. The SMILES string of the molecule is CC(C)(C)c1ccc(-n2c3cc4c(cc3c3cc5c6c(c7ccccc7c5cc32)C=C=C6)-c2ccccc2C4(C)C)cc1. The van der Waals surface area contributed by atoms with E-state index in [0.717, 1.165) is 0 Å². The first-order valence-electron chi connectivity index (χ1n) is 15.4. The van der Waals surface area contributed by atoms with Gasteiger partial charge in [0.2, 0.25) is 0 Å². The van der Waals surface area contributed by atoms with Crippen LogP contribution in [-0.4, -0.2) is 4.57 Å². The highest BCUT2D eigenvalue weighted by atomic mass is 15.0. The minimum absolute atomic E-state index is 0.0598. The predicted molar refractivity (Wildman–Crippen MR) is 184 cm³/mol. The second kappa shape index (κ2) is 8.16. The Bertz CT molecular complexity index is 2410. The summed E-state index contributed by atoms with van der Waals surface area (Å²) in [6, 6.07) is 36.9. The van der Waals surface area contributed by atoms with Crippen LogP contribution >= 0.6 is 0 Å². The smallest absolute Gasteiger partial charge is 0.0547 e. The van der Waals surface area contributed by atoms with E-state index in [0.29, 0.717) is 0 Å². The van der Waals surface area contributed by atoms with Gasteiger partial charge in [-0.3, -0.25) is 0 Å². The zero-order chi connectivity index (χ0) is 29.2. The van der Waals surface area contributed by atoms with Gasteiger partial charge in [0, 0.05) is 21.9 Å². The van der Waals surface area contributed by atoms with E-state index in [1.165, 1.54) is 88.0 Å². The molecule has 0 atom stereocenters. The summed E-state index contributed by atoms with van der Waals surface area (Å²) in [6.45, 7) is 11.6. The molecule has 1 heteroatoms. The molecule has 0 N–H and O–H groups in total. The van der Waals surface area contributed by atoms with Gasteiger partial charge in [-0.25, -0.2) is 0 Å². The van der Waals surface area contributed by atoms with Crippen LogP contribution in [0.15, 0.2) is 103 Å². The molecule has 0 saturated carbocycles. The standard InChI is InChI=1S/C42H33N/c1-41(2,3)25-17-19-26(20-18-25)43-39-23-33-29-12-7-6-11-27(29)28-14-10-15-30(28)32(33)21-35(39)36-22-34-31-13-8-9-16-37(31)42(4,5)38(34)24-40(36)43/h6-9,11-24H,1-5H3. The molecule has 6 aromatic carbocycles. The van der Waals surface area contributed by atoms with Crippen molar-refractivity contribution >= 4 is 55.5 Å². The molecule has 0 unspecified atom stereocenters. The van der Waals surface area contributed by atoms with E-state index in [9.17, 15) is 0 Å². The second-order valence-corrected chi connectivity index (χ2v) is 14.0. The molecule has 7 aromatic rings. The highest BCUT2D eigenvalue weighted by Crippen LogP contribution is 2.51. The molecule has 0 spiro atoms. The summed E-state index contributed by atoms with van der Waals surface area (Å²) >= 11 is 0. The number of fused-ring (bicyclic) bond motifs is 12. The quantitative estimate of drug-likeness (QED) is 0.141. The van der Waals surface area contributed by atoms with Crippen molar-refractivity contribution in [3.05, 3.63) is 131 Å². The monoisotopic (exact) mass is 551 g/mol. The molecule has 1 aromatic heterocycles. The van der Waals surface area contributed by atoms with Crippen LogP contribution in [-0.2, 0) is 10.8 Å². The van der Waals surface area contributed by atoms with Crippen molar-refractivity contribution in [2.24, 2.45) is 0 Å². The van der Waals surface area contributed by atoms with E-state index in [2.05, 4.69) is 154 Å². The molecule has 9 rings (SSSR count). The molecule has 0 fully saturated rings. The van der Waals surface area contributed by atoms with Crippen LogP contribution in [0.3, 0.4) is 0 Å². The van der Waals surface area contributed by atoms with Crippen molar-refractivity contribution in [1.82, 2.24) is 4.57 Å². The van der Waals surface area contributed by atoms with Crippen molar-refractivity contribution < 1.29 is 0 Å². The Morgan fingerprint density at radius 3 is 1.98 bits per heavy atom. The van der Waals surface area contributed by atoms with Gasteiger partial charge in [-0.1, -0.05) is 95.3 Å². The van der Waals surface area contributed by atoms with Gasteiger partial charge in [0.05, 0.1) is 11.0 Å². The maximum atomic E-state index is 3.40. The summed E-state index contributed by atoms with van der Waals surface area (Å²) in [5, 5.41) is 7.78. The minimum Gasteiger partial charge on any atom is -0.309 e. The van der Waals surface area contributed by atoms with E-state index in [-0.39, 0.29) is 10.8 Å². The number of rotatable bonds is 1. The van der Waals surface area contributed by atoms with Crippen LogP contribution in [0, 0.1) is 0 Å². The van der Waals surface area contributed by atoms with Crippen molar-refractivity contribution in [3.63, 3.8) is 0 Å². The Kier molecular flexibility index (Phi) is 4.69.